The van der Waals surface area contributed by atoms with Crippen LogP contribution in [0.2, 0.25) is 0 Å². The van der Waals surface area contributed by atoms with Gasteiger partial charge in [0, 0.05) is 13.7 Å². The van der Waals surface area contributed by atoms with Gasteiger partial charge in [0.05, 0.1) is 23.7 Å². The number of fused-ring (bicyclic) bond motifs is 1. The van der Waals surface area contributed by atoms with E-state index in [1.54, 1.807) is 7.11 Å². The van der Waals surface area contributed by atoms with Gasteiger partial charge in [-0.2, -0.15) is 0 Å². The Morgan fingerprint density at radius 2 is 1.88 bits per heavy atom. The molecule has 26 heavy (non-hydrogen) atoms. The number of nitrogens with one attached hydrogen (secondary N) is 1. The Balaban J connectivity index is 1.70. The zero-order chi connectivity index (χ0) is 18.4. The van der Waals surface area contributed by atoms with E-state index in [0.29, 0.717) is 18.9 Å². The van der Waals surface area contributed by atoms with Crippen molar-refractivity contribution < 1.29 is 14.3 Å². The van der Waals surface area contributed by atoms with Crippen LogP contribution in [0.15, 0.2) is 54.6 Å². The molecule has 3 aromatic rings. The average Bonchev–Trinajstić information content (AvgIpc) is 3.04. The van der Waals surface area contributed by atoms with E-state index in [2.05, 4.69) is 14.9 Å². The number of carbonyl (C=O) groups is 1. The fraction of sp³-hybridized carbons (Fsp3) is 0.300. The van der Waals surface area contributed by atoms with Gasteiger partial charge in [0.25, 0.3) is 5.91 Å². The number of hydrogen-bond acceptors (Lipinski definition) is 4. The van der Waals surface area contributed by atoms with Gasteiger partial charge in [-0.15, -0.1) is 0 Å². The fourth-order valence-corrected chi connectivity index (χ4v) is 2.86. The molecule has 0 bridgehead atoms. The summed E-state index contributed by atoms with van der Waals surface area (Å²) in [4.78, 5) is 16.9. The second-order valence-electron chi connectivity index (χ2n) is 5.99. The molecule has 2 aromatic carbocycles. The highest BCUT2D eigenvalue weighted by molar-refractivity contribution is 5.79. The molecule has 0 spiro atoms. The van der Waals surface area contributed by atoms with Crippen LogP contribution in [0.25, 0.3) is 11.0 Å². The van der Waals surface area contributed by atoms with E-state index in [0.717, 1.165) is 16.9 Å². The molecule has 1 amide bonds. The fourth-order valence-electron chi connectivity index (χ4n) is 2.86. The summed E-state index contributed by atoms with van der Waals surface area (Å²) in [6.45, 7) is 3.13. The van der Waals surface area contributed by atoms with Crippen LogP contribution in [0, 0.1) is 0 Å². The van der Waals surface area contributed by atoms with Crippen LogP contribution in [-0.4, -0.2) is 35.8 Å². The zero-order valence-electron chi connectivity index (χ0n) is 15.0. The number of para-hydroxylation sites is 3. The summed E-state index contributed by atoms with van der Waals surface area (Å²) in [5.74, 6) is 1.28. The molecule has 3 rings (SSSR count). The van der Waals surface area contributed by atoms with Gasteiger partial charge in [-0.25, -0.2) is 4.98 Å². The first kappa shape index (κ1) is 17.9. The standard InChI is InChI=1S/C20H23N3O3/c1-15(21-19(24)14-26-16-8-4-3-5-9-16)20-22-17-10-6-7-11-18(17)23(20)12-13-25-2/h3-11,15H,12-14H2,1-2H3,(H,21,24). The highest BCUT2D eigenvalue weighted by Crippen LogP contribution is 2.20. The molecule has 1 atom stereocenters. The third-order valence-corrected chi connectivity index (χ3v) is 4.08. The maximum absolute atomic E-state index is 12.2. The summed E-state index contributed by atoms with van der Waals surface area (Å²) in [6.07, 6.45) is 0. The van der Waals surface area contributed by atoms with Crippen molar-refractivity contribution in [2.75, 3.05) is 20.3 Å². The second-order valence-corrected chi connectivity index (χ2v) is 5.99. The summed E-state index contributed by atoms with van der Waals surface area (Å²) in [5, 5.41) is 2.96. The summed E-state index contributed by atoms with van der Waals surface area (Å²) >= 11 is 0. The number of imidazole rings is 1. The monoisotopic (exact) mass is 353 g/mol. The molecule has 0 saturated carbocycles. The molecule has 0 radical (unpaired) electrons. The minimum Gasteiger partial charge on any atom is -0.484 e. The summed E-state index contributed by atoms with van der Waals surface area (Å²) in [6, 6.07) is 17.0. The molecule has 0 aliphatic carbocycles. The highest BCUT2D eigenvalue weighted by Gasteiger charge is 2.18. The molecule has 1 heterocycles. The van der Waals surface area contributed by atoms with Gasteiger partial charge in [0.1, 0.15) is 11.6 Å². The summed E-state index contributed by atoms with van der Waals surface area (Å²) < 4.78 is 12.8. The van der Waals surface area contributed by atoms with Crippen LogP contribution in [0.5, 0.6) is 5.75 Å². The quantitative estimate of drug-likeness (QED) is 0.676. The average molecular weight is 353 g/mol. The largest absolute Gasteiger partial charge is 0.484 e. The lowest BCUT2D eigenvalue weighted by Gasteiger charge is -2.16. The first-order valence-corrected chi connectivity index (χ1v) is 8.60. The molecule has 0 aliphatic rings. The molecular weight excluding hydrogens is 330 g/mol. The van der Waals surface area contributed by atoms with Crippen LogP contribution < -0.4 is 10.1 Å². The number of hydrogen-bond donors (Lipinski definition) is 1. The molecule has 0 fully saturated rings. The molecule has 1 aromatic heterocycles. The normalized spacial score (nSPS) is 12.1. The van der Waals surface area contributed by atoms with Crippen molar-refractivity contribution in [1.29, 1.82) is 0 Å². The second kappa shape index (κ2) is 8.49. The Kier molecular flexibility index (Phi) is 5.86. The smallest absolute Gasteiger partial charge is 0.258 e. The Labute approximate surface area is 152 Å². The topological polar surface area (TPSA) is 65.4 Å². The van der Waals surface area contributed by atoms with Crippen molar-refractivity contribution in [3.05, 3.63) is 60.4 Å². The van der Waals surface area contributed by atoms with E-state index < -0.39 is 0 Å². The van der Waals surface area contributed by atoms with Crippen LogP contribution in [-0.2, 0) is 16.1 Å². The van der Waals surface area contributed by atoms with Gasteiger partial charge < -0.3 is 19.4 Å². The number of rotatable bonds is 8. The molecule has 136 valence electrons. The molecular formula is C20H23N3O3. The van der Waals surface area contributed by atoms with Gasteiger partial charge in [0.2, 0.25) is 0 Å². The predicted molar refractivity (Wildman–Crippen MR) is 100 cm³/mol. The van der Waals surface area contributed by atoms with Gasteiger partial charge in [0.15, 0.2) is 6.61 Å². The van der Waals surface area contributed by atoms with E-state index in [9.17, 15) is 4.79 Å². The van der Waals surface area contributed by atoms with Gasteiger partial charge in [-0.1, -0.05) is 30.3 Å². The Morgan fingerprint density at radius 3 is 2.65 bits per heavy atom. The van der Waals surface area contributed by atoms with Crippen molar-refractivity contribution in [2.45, 2.75) is 19.5 Å². The molecule has 0 saturated heterocycles. The van der Waals surface area contributed by atoms with Crippen LogP contribution in [0.3, 0.4) is 0 Å². The molecule has 0 aliphatic heterocycles. The number of amides is 1. The van der Waals surface area contributed by atoms with Gasteiger partial charge in [-0.05, 0) is 31.2 Å². The van der Waals surface area contributed by atoms with Crippen LogP contribution in [0.4, 0.5) is 0 Å². The Bertz CT molecular complexity index is 861. The van der Waals surface area contributed by atoms with Crippen molar-refractivity contribution in [3.63, 3.8) is 0 Å². The number of nitrogens with zero attached hydrogens (tertiary/aromatic N) is 2. The number of benzene rings is 2. The molecule has 1 N–H and O–H groups in total. The summed E-state index contributed by atoms with van der Waals surface area (Å²) in [5.41, 5.74) is 1.93. The number of carbonyl (C=O) groups excluding carboxylic acids is 1. The van der Waals surface area contributed by atoms with Crippen molar-refractivity contribution in [1.82, 2.24) is 14.9 Å². The van der Waals surface area contributed by atoms with E-state index in [-0.39, 0.29) is 18.6 Å². The first-order chi connectivity index (χ1) is 12.7. The maximum atomic E-state index is 12.2. The van der Waals surface area contributed by atoms with Crippen LogP contribution in [0.1, 0.15) is 18.8 Å². The Morgan fingerprint density at radius 1 is 1.15 bits per heavy atom. The van der Waals surface area contributed by atoms with E-state index in [1.165, 1.54) is 0 Å². The SMILES string of the molecule is COCCn1c(C(C)NC(=O)COc2ccccc2)nc2ccccc21. The lowest BCUT2D eigenvalue weighted by molar-refractivity contribution is -0.123. The first-order valence-electron chi connectivity index (χ1n) is 8.60. The molecule has 6 heteroatoms. The number of methoxy groups -OCH3 is 1. The lowest BCUT2D eigenvalue weighted by atomic mass is 10.3. The zero-order valence-corrected chi connectivity index (χ0v) is 15.0. The van der Waals surface area contributed by atoms with Crippen molar-refractivity contribution in [3.8, 4) is 5.75 Å². The number of ether oxygens (including phenoxy) is 2. The van der Waals surface area contributed by atoms with Crippen molar-refractivity contribution >= 4 is 16.9 Å². The van der Waals surface area contributed by atoms with Gasteiger partial charge >= 0.3 is 0 Å². The minimum atomic E-state index is -0.244. The third kappa shape index (κ3) is 4.21. The minimum absolute atomic E-state index is 0.0351. The predicted octanol–water partition coefficient (Wildman–Crippen LogP) is 2.94. The van der Waals surface area contributed by atoms with E-state index in [4.69, 9.17) is 9.47 Å². The van der Waals surface area contributed by atoms with Gasteiger partial charge in [-0.3, -0.25) is 4.79 Å². The number of aromatic nitrogens is 2. The van der Waals surface area contributed by atoms with E-state index in [1.807, 2.05) is 61.5 Å². The molecule has 6 nitrogen and oxygen atoms in total. The highest BCUT2D eigenvalue weighted by atomic mass is 16.5. The lowest BCUT2D eigenvalue weighted by Crippen LogP contribution is -2.32. The Hall–Kier alpha value is -2.86. The summed E-state index contributed by atoms with van der Waals surface area (Å²) in [7, 11) is 1.67. The maximum Gasteiger partial charge on any atom is 0.258 e. The van der Waals surface area contributed by atoms with Crippen LogP contribution >= 0.6 is 0 Å². The van der Waals surface area contributed by atoms with E-state index >= 15 is 0 Å². The molecule has 1 unspecified atom stereocenters. The third-order valence-electron chi connectivity index (χ3n) is 4.08. The van der Waals surface area contributed by atoms with Crippen molar-refractivity contribution in [2.24, 2.45) is 0 Å².